The maximum Gasteiger partial charge on any atom is 0.122 e. The molecule has 1 unspecified atom stereocenters. The Hall–Kier alpha value is -1.06. The Labute approximate surface area is 110 Å². The van der Waals surface area contributed by atoms with Gasteiger partial charge in [-0.3, -0.25) is 0 Å². The van der Waals surface area contributed by atoms with Gasteiger partial charge in [-0.1, -0.05) is 17.7 Å². The molecule has 3 nitrogen and oxygen atoms in total. The molecule has 0 aliphatic heterocycles. The molecule has 1 rings (SSSR count). The van der Waals surface area contributed by atoms with E-state index in [1.807, 2.05) is 26.8 Å². The molecule has 3 heteroatoms. The van der Waals surface area contributed by atoms with Gasteiger partial charge in [0.2, 0.25) is 0 Å². The minimum absolute atomic E-state index is 0.140. The average Bonchev–Trinajstić information content (AvgIpc) is 2.25. The fourth-order valence-electron chi connectivity index (χ4n) is 1.79. The predicted molar refractivity (Wildman–Crippen MR) is 75.1 cm³/mol. The molecule has 1 aromatic carbocycles. The van der Waals surface area contributed by atoms with Crippen molar-refractivity contribution < 1.29 is 9.47 Å². The first-order chi connectivity index (χ1) is 8.49. The van der Waals surface area contributed by atoms with Gasteiger partial charge in [-0.25, -0.2) is 0 Å². The van der Waals surface area contributed by atoms with Crippen LogP contribution in [0.3, 0.4) is 0 Å². The highest BCUT2D eigenvalue weighted by Crippen LogP contribution is 2.21. The molecule has 0 spiro atoms. The Balaban J connectivity index is 2.57. The van der Waals surface area contributed by atoms with E-state index in [9.17, 15) is 0 Å². The highest BCUT2D eigenvalue weighted by atomic mass is 16.5. The molecule has 1 atom stereocenters. The summed E-state index contributed by atoms with van der Waals surface area (Å²) < 4.78 is 11.2. The molecule has 18 heavy (non-hydrogen) atoms. The third kappa shape index (κ3) is 5.52. The lowest BCUT2D eigenvalue weighted by atomic mass is 10.0. The number of benzene rings is 1. The summed E-state index contributed by atoms with van der Waals surface area (Å²) in [5, 5.41) is 0. The first-order valence-electron chi connectivity index (χ1n) is 6.58. The van der Waals surface area contributed by atoms with Crippen LogP contribution in [0, 0.1) is 6.92 Å². The quantitative estimate of drug-likeness (QED) is 0.758. The fraction of sp³-hybridized carbons (Fsp3) is 0.600. The lowest BCUT2D eigenvalue weighted by Gasteiger charge is -2.14. The Morgan fingerprint density at radius 2 is 1.89 bits per heavy atom. The smallest absolute Gasteiger partial charge is 0.122 e. The predicted octanol–water partition coefficient (Wildman–Crippen LogP) is 2.69. The zero-order chi connectivity index (χ0) is 13.5. The third-order valence-electron chi connectivity index (χ3n) is 2.55. The third-order valence-corrected chi connectivity index (χ3v) is 2.55. The molecule has 0 aromatic heterocycles. The van der Waals surface area contributed by atoms with E-state index in [1.54, 1.807) is 0 Å². The Morgan fingerprint density at radius 1 is 1.17 bits per heavy atom. The summed E-state index contributed by atoms with van der Waals surface area (Å²) in [5.74, 6) is 0.922. The maximum absolute atomic E-state index is 5.86. The number of ether oxygens (including phenoxy) is 2. The van der Waals surface area contributed by atoms with Crippen LogP contribution in [-0.4, -0.2) is 25.4 Å². The highest BCUT2D eigenvalue weighted by Gasteiger charge is 2.06. The van der Waals surface area contributed by atoms with E-state index >= 15 is 0 Å². The summed E-state index contributed by atoms with van der Waals surface area (Å²) in [7, 11) is 0. The first-order valence-corrected chi connectivity index (χ1v) is 6.58. The van der Waals surface area contributed by atoms with Gasteiger partial charge < -0.3 is 15.2 Å². The van der Waals surface area contributed by atoms with Crippen molar-refractivity contribution in [1.82, 2.24) is 0 Å². The van der Waals surface area contributed by atoms with E-state index in [0.29, 0.717) is 13.2 Å². The number of hydrogen-bond donors (Lipinski definition) is 1. The van der Waals surface area contributed by atoms with E-state index in [1.165, 1.54) is 11.1 Å². The summed E-state index contributed by atoms with van der Waals surface area (Å²) in [5.41, 5.74) is 8.27. The molecule has 0 saturated heterocycles. The monoisotopic (exact) mass is 251 g/mol. The van der Waals surface area contributed by atoms with Gasteiger partial charge in [0.1, 0.15) is 12.4 Å². The molecule has 0 fully saturated rings. The Kier molecular flexibility index (Phi) is 6.16. The van der Waals surface area contributed by atoms with Crippen molar-refractivity contribution >= 4 is 0 Å². The summed E-state index contributed by atoms with van der Waals surface area (Å²) in [6.07, 6.45) is 1.08. The molecule has 0 bridgehead atoms. The highest BCUT2D eigenvalue weighted by molar-refractivity contribution is 5.37. The van der Waals surface area contributed by atoms with Crippen LogP contribution in [0.4, 0.5) is 0 Å². The van der Waals surface area contributed by atoms with Gasteiger partial charge in [0.05, 0.1) is 12.7 Å². The van der Waals surface area contributed by atoms with Gasteiger partial charge in [-0.05, 0) is 45.7 Å². The van der Waals surface area contributed by atoms with Gasteiger partial charge in [0.25, 0.3) is 0 Å². The number of hydrogen-bond acceptors (Lipinski definition) is 3. The summed E-state index contributed by atoms with van der Waals surface area (Å²) in [6, 6.07) is 6.36. The SMILES string of the molecule is Cc1ccc(OCCOC(C)C)c(CC(C)N)c1. The van der Waals surface area contributed by atoms with Crippen LogP contribution in [0.5, 0.6) is 5.75 Å². The van der Waals surface area contributed by atoms with Gasteiger partial charge in [-0.2, -0.15) is 0 Å². The van der Waals surface area contributed by atoms with Gasteiger partial charge in [0.15, 0.2) is 0 Å². The van der Waals surface area contributed by atoms with Crippen LogP contribution < -0.4 is 10.5 Å². The van der Waals surface area contributed by atoms with Gasteiger partial charge in [-0.15, -0.1) is 0 Å². The summed E-state index contributed by atoms with van der Waals surface area (Å²) in [6.45, 7) is 9.32. The largest absolute Gasteiger partial charge is 0.491 e. The number of nitrogens with two attached hydrogens (primary N) is 1. The Bertz CT molecular complexity index is 362. The van der Waals surface area contributed by atoms with Crippen molar-refractivity contribution in [2.24, 2.45) is 5.73 Å². The fourth-order valence-corrected chi connectivity index (χ4v) is 1.79. The molecule has 0 saturated carbocycles. The normalized spacial score (nSPS) is 12.8. The molecule has 2 N–H and O–H groups in total. The van der Waals surface area contributed by atoms with Crippen LogP contribution >= 0.6 is 0 Å². The number of rotatable bonds is 7. The molecule has 1 aromatic rings. The summed E-state index contributed by atoms with van der Waals surface area (Å²) in [4.78, 5) is 0. The van der Waals surface area contributed by atoms with E-state index in [-0.39, 0.29) is 12.1 Å². The zero-order valence-electron chi connectivity index (χ0n) is 11.9. The second kappa shape index (κ2) is 7.39. The van der Waals surface area contributed by atoms with Crippen LogP contribution in [0.2, 0.25) is 0 Å². The molecule has 0 radical (unpaired) electrons. The molecule has 102 valence electrons. The van der Waals surface area contributed by atoms with Crippen LogP contribution in [0.25, 0.3) is 0 Å². The van der Waals surface area contributed by atoms with Crippen molar-refractivity contribution in [3.05, 3.63) is 29.3 Å². The topological polar surface area (TPSA) is 44.5 Å². The van der Waals surface area contributed by atoms with Crippen molar-refractivity contribution in [3.8, 4) is 5.75 Å². The van der Waals surface area contributed by atoms with Crippen LogP contribution in [0.1, 0.15) is 31.9 Å². The molecule has 0 aliphatic rings. The van der Waals surface area contributed by atoms with E-state index in [0.717, 1.165) is 12.2 Å². The lowest BCUT2D eigenvalue weighted by molar-refractivity contribution is 0.0550. The molecule has 0 heterocycles. The van der Waals surface area contributed by atoms with E-state index < -0.39 is 0 Å². The average molecular weight is 251 g/mol. The first kappa shape index (κ1) is 15.0. The van der Waals surface area contributed by atoms with Crippen LogP contribution in [0.15, 0.2) is 18.2 Å². The maximum atomic E-state index is 5.86. The second-order valence-electron chi connectivity index (χ2n) is 5.06. The zero-order valence-corrected chi connectivity index (χ0v) is 11.9. The van der Waals surface area contributed by atoms with Gasteiger partial charge >= 0.3 is 0 Å². The number of aryl methyl sites for hydroxylation is 1. The van der Waals surface area contributed by atoms with Crippen molar-refractivity contribution in [2.75, 3.05) is 13.2 Å². The van der Waals surface area contributed by atoms with Crippen molar-refractivity contribution in [2.45, 2.75) is 46.3 Å². The minimum atomic E-state index is 0.140. The van der Waals surface area contributed by atoms with Gasteiger partial charge in [0, 0.05) is 6.04 Å². The van der Waals surface area contributed by atoms with Crippen LogP contribution in [-0.2, 0) is 11.2 Å². The summed E-state index contributed by atoms with van der Waals surface area (Å²) >= 11 is 0. The van der Waals surface area contributed by atoms with E-state index in [2.05, 4.69) is 19.1 Å². The molecular formula is C15H25NO2. The molecular weight excluding hydrogens is 226 g/mol. The second-order valence-corrected chi connectivity index (χ2v) is 5.06. The Morgan fingerprint density at radius 3 is 2.50 bits per heavy atom. The standard InChI is InChI=1S/C15H25NO2/c1-11(2)17-7-8-18-15-6-5-12(3)9-14(15)10-13(4)16/h5-6,9,11,13H,7-8,10,16H2,1-4H3. The van der Waals surface area contributed by atoms with Crippen molar-refractivity contribution in [3.63, 3.8) is 0 Å². The lowest BCUT2D eigenvalue weighted by Crippen LogP contribution is -2.19. The van der Waals surface area contributed by atoms with Crippen molar-refractivity contribution in [1.29, 1.82) is 0 Å². The van der Waals surface area contributed by atoms with E-state index in [4.69, 9.17) is 15.2 Å². The minimum Gasteiger partial charge on any atom is -0.491 e. The molecule has 0 amide bonds. The molecule has 0 aliphatic carbocycles.